The number of carbonyl (C=O) groups is 1. The van der Waals surface area contributed by atoms with Crippen molar-refractivity contribution < 1.29 is 9.53 Å². The molecular weight excluding hydrogens is 337 g/mol. The Balaban J connectivity index is 0.00000192. The van der Waals surface area contributed by atoms with Crippen molar-refractivity contribution >= 4 is 41.1 Å². The lowest BCUT2D eigenvalue weighted by molar-refractivity contribution is -0.143. The number of nitrogens with zero attached hydrogens (tertiary/aromatic N) is 3. The third-order valence-corrected chi connectivity index (χ3v) is 3.47. The first kappa shape index (κ1) is 17.2. The Labute approximate surface area is 144 Å². The van der Waals surface area contributed by atoms with E-state index in [1.165, 1.54) is 0 Å². The summed E-state index contributed by atoms with van der Waals surface area (Å²) in [5.74, 6) is 0.360. The Hall–Kier alpha value is -2.11. The van der Waals surface area contributed by atoms with Crippen molar-refractivity contribution in [2.75, 3.05) is 6.61 Å². The molecule has 7 heteroatoms. The zero-order valence-electron chi connectivity index (χ0n) is 12.4. The first-order valence-electron chi connectivity index (χ1n) is 6.92. The molecule has 0 aliphatic carbocycles. The molecule has 0 aliphatic rings. The van der Waals surface area contributed by atoms with E-state index in [0.717, 1.165) is 11.1 Å². The van der Waals surface area contributed by atoms with Gasteiger partial charge in [-0.3, -0.25) is 4.79 Å². The molecule has 0 aliphatic heterocycles. The highest BCUT2D eigenvalue weighted by atomic mass is 35.5. The Bertz CT molecular complexity index is 816. The number of fused-ring (bicyclic) bond motifs is 1. The number of pyridine rings is 1. The average Bonchev–Trinajstić information content (AvgIpc) is 2.87. The van der Waals surface area contributed by atoms with Gasteiger partial charge in [0.2, 0.25) is 0 Å². The molecule has 1 aromatic carbocycles. The van der Waals surface area contributed by atoms with Crippen molar-refractivity contribution in [1.29, 1.82) is 0 Å². The lowest BCUT2D eigenvalue weighted by Crippen LogP contribution is -2.14. The monoisotopic (exact) mass is 351 g/mol. The summed E-state index contributed by atoms with van der Waals surface area (Å²) >= 11 is 5.93. The molecule has 0 saturated carbocycles. The number of esters is 1. The summed E-state index contributed by atoms with van der Waals surface area (Å²) in [6, 6.07) is 11.0. The van der Waals surface area contributed by atoms with E-state index in [1.807, 2.05) is 28.8 Å². The number of hydrogen-bond acceptors (Lipinski definition) is 4. The summed E-state index contributed by atoms with van der Waals surface area (Å²) in [6.45, 7) is 2.22. The molecule has 120 valence electrons. The molecule has 0 fully saturated rings. The Morgan fingerprint density at radius 2 is 2.00 bits per heavy atom. The van der Waals surface area contributed by atoms with Crippen LogP contribution in [0.15, 0.2) is 42.6 Å². The van der Waals surface area contributed by atoms with E-state index in [4.69, 9.17) is 16.3 Å². The standard InChI is InChI=1S/C16H14ClN3O2.ClH/c1-2-22-14(21)10-20-13-4-3-9-18-15(13)19-16(20)11-5-7-12(17)8-6-11;/h3-9H,2,10H2,1H3;1H. The Morgan fingerprint density at radius 1 is 1.26 bits per heavy atom. The molecule has 23 heavy (non-hydrogen) atoms. The number of rotatable bonds is 4. The molecular formula is C16H15Cl2N3O2. The molecule has 0 spiro atoms. The summed E-state index contributed by atoms with van der Waals surface area (Å²) in [7, 11) is 0. The van der Waals surface area contributed by atoms with Crippen LogP contribution >= 0.6 is 24.0 Å². The van der Waals surface area contributed by atoms with Gasteiger partial charge in [0.05, 0.1) is 12.1 Å². The van der Waals surface area contributed by atoms with Gasteiger partial charge in [-0.2, -0.15) is 0 Å². The highest BCUT2D eigenvalue weighted by Gasteiger charge is 2.16. The van der Waals surface area contributed by atoms with E-state index < -0.39 is 0 Å². The Morgan fingerprint density at radius 3 is 2.70 bits per heavy atom. The van der Waals surface area contributed by atoms with Crippen molar-refractivity contribution in [3.63, 3.8) is 0 Å². The molecule has 0 amide bonds. The number of hydrogen-bond donors (Lipinski definition) is 0. The van der Waals surface area contributed by atoms with Crippen LogP contribution in [0.2, 0.25) is 5.02 Å². The van der Waals surface area contributed by atoms with Gasteiger partial charge in [-0.05, 0) is 43.3 Å². The second kappa shape index (κ2) is 7.44. The summed E-state index contributed by atoms with van der Waals surface area (Å²) in [5, 5.41) is 0.648. The van der Waals surface area contributed by atoms with E-state index >= 15 is 0 Å². The van der Waals surface area contributed by atoms with Crippen molar-refractivity contribution in [2.24, 2.45) is 0 Å². The SMILES string of the molecule is CCOC(=O)Cn1c(-c2ccc(Cl)cc2)nc2ncccc21.Cl. The van der Waals surface area contributed by atoms with Gasteiger partial charge in [-0.1, -0.05) is 11.6 Å². The molecule has 0 unspecified atom stereocenters. The van der Waals surface area contributed by atoms with E-state index in [2.05, 4.69) is 9.97 Å². The number of halogens is 2. The fraction of sp³-hybridized carbons (Fsp3) is 0.188. The largest absolute Gasteiger partial charge is 0.465 e. The molecule has 2 heterocycles. The maximum atomic E-state index is 11.9. The molecule has 3 aromatic rings. The number of imidazole rings is 1. The maximum absolute atomic E-state index is 11.9. The Kier molecular flexibility index (Phi) is 5.58. The van der Waals surface area contributed by atoms with Crippen LogP contribution in [-0.4, -0.2) is 27.1 Å². The van der Waals surface area contributed by atoms with Crippen LogP contribution in [0.1, 0.15) is 6.92 Å². The predicted octanol–water partition coefficient (Wildman–Crippen LogP) is 3.74. The van der Waals surface area contributed by atoms with Crippen LogP contribution in [0.5, 0.6) is 0 Å². The van der Waals surface area contributed by atoms with Gasteiger partial charge in [0.25, 0.3) is 0 Å². The third kappa shape index (κ3) is 3.63. The second-order valence-electron chi connectivity index (χ2n) is 4.68. The van der Waals surface area contributed by atoms with Gasteiger partial charge in [-0.25, -0.2) is 9.97 Å². The normalized spacial score (nSPS) is 10.3. The fourth-order valence-electron chi connectivity index (χ4n) is 2.28. The lowest BCUT2D eigenvalue weighted by atomic mass is 10.2. The van der Waals surface area contributed by atoms with E-state index in [9.17, 15) is 4.79 Å². The van der Waals surface area contributed by atoms with Crippen molar-refractivity contribution in [1.82, 2.24) is 14.5 Å². The molecule has 2 aromatic heterocycles. The van der Waals surface area contributed by atoms with E-state index in [-0.39, 0.29) is 24.9 Å². The molecule has 0 N–H and O–H groups in total. The zero-order chi connectivity index (χ0) is 15.5. The van der Waals surface area contributed by atoms with Crippen molar-refractivity contribution in [3.05, 3.63) is 47.6 Å². The number of ether oxygens (including phenoxy) is 1. The van der Waals surface area contributed by atoms with Crippen molar-refractivity contribution in [3.8, 4) is 11.4 Å². The molecule has 0 bridgehead atoms. The topological polar surface area (TPSA) is 57.0 Å². The quantitative estimate of drug-likeness (QED) is 0.672. The first-order valence-corrected chi connectivity index (χ1v) is 7.29. The van der Waals surface area contributed by atoms with Crippen LogP contribution in [0, 0.1) is 0 Å². The minimum Gasteiger partial charge on any atom is -0.465 e. The van der Waals surface area contributed by atoms with Gasteiger partial charge < -0.3 is 9.30 Å². The second-order valence-corrected chi connectivity index (χ2v) is 5.12. The van der Waals surface area contributed by atoms with E-state index in [1.54, 1.807) is 25.3 Å². The van der Waals surface area contributed by atoms with E-state index in [0.29, 0.717) is 23.1 Å². The summed E-state index contributed by atoms with van der Waals surface area (Å²) in [5.41, 5.74) is 2.25. The number of aromatic nitrogens is 3. The number of benzene rings is 1. The fourth-order valence-corrected chi connectivity index (χ4v) is 2.40. The van der Waals surface area contributed by atoms with Gasteiger partial charge in [0, 0.05) is 16.8 Å². The van der Waals surface area contributed by atoms with Crippen LogP contribution in [0.3, 0.4) is 0 Å². The van der Waals surface area contributed by atoms with Gasteiger partial charge in [-0.15, -0.1) is 12.4 Å². The van der Waals surface area contributed by atoms with Crippen molar-refractivity contribution in [2.45, 2.75) is 13.5 Å². The average molecular weight is 352 g/mol. The summed E-state index contributed by atoms with van der Waals surface area (Å²) < 4.78 is 6.85. The highest BCUT2D eigenvalue weighted by Crippen LogP contribution is 2.25. The molecule has 0 radical (unpaired) electrons. The predicted molar refractivity (Wildman–Crippen MR) is 91.9 cm³/mol. The molecule has 0 atom stereocenters. The smallest absolute Gasteiger partial charge is 0.326 e. The summed E-state index contributed by atoms with van der Waals surface area (Å²) in [4.78, 5) is 20.7. The first-order chi connectivity index (χ1) is 10.7. The minimum atomic E-state index is -0.305. The van der Waals surface area contributed by atoms with Gasteiger partial charge in [0.15, 0.2) is 5.65 Å². The highest BCUT2D eigenvalue weighted by molar-refractivity contribution is 6.30. The third-order valence-electron chi connectivity index (χ3n) is 3.22. The maximum Gasteiger partial charge on any atom is 0.326 e. The minimum absolute atomic E-state index is 0. The van der Waals surface area contributed by atoms with Crippen LogP contribution in [-0.2, 0) is 16.1 Å². The van der Waals surface area contributed by atoms with Crippen LogP contribution < -0.4 is 0 Å². The number of carbonyl (C=O) groups excluding carboxylic acids is 1. The van der Waals surface area contributed by atoms with Gasteiger partial charge >= 0.3 is 5.97 Å². The summed E-state index contributed by atoms with van der Waals surface area (Å²) in [6.07, 6.45) is 1.68. The lowest BCUT2D eigenvalue weighted by Gasteiger charge is -2.08. The van der Waals surface area contributed by atoms with Crippen LogP contribution in [0.4, 0.5) is 0 Å². The zero-order valence-corrected chi connectivity index (χ0v) is 14.0. The van der Waals surface area contributed by atoms with Crippen LogP contribution in [0.25, 0.3) is 22.6 Å². The van der Waals surface area contributed by atoms with Gasteiger partial charge in [0.1, 0.15) is 12.4 Å². The molecule has 5 nitrogen and oxygen atoms in total. The molecule has 0 saturated heterocycles. The molecule has 3 rings (SSSR count).